The second kappa shape index (κ2) is 7.14. The third-order valence-corrected chi connectivity index (χ3v) is 4.18. The summed E-state index contributed by atoms with van der Waals surface area (Å²) in [6.07, 6.45) is -7.73. The topological polar surface area (TPSA) is 84.2 Å². The smallest absolute Gasteiger partial charge is 0.395 e. The number of nitrogens with zero attached hydrogens (tertiary/aromatic N) is 1. The molecule has 1 fully saturated rings. The summed E-state index contributed by atoms with van der Waals surface area (Å²) in [6.45, 7) is 0.0134. The number of hydrogen-bond acceptors (Lipinski definition) is 5. The minimum Gasteiger partial charge on any atom is -0.395 e. The maximum absolute atomic E-state index is 12.5. The third kappa shape index (κ3) is 4.21. The van der Waals surface area contributed by atoms with Crippen LogP contribution in [0.5, 0.6) is 0 Å². The molecule has 1 aliphatic rings. The van der Waals surface area contributed by atoms with Crippen LogP contribution in [0, 0.1) is 0 Å². The van der Waals surface area contributed by atoms with Crippen LogP contribution in [0.25, 0.3) is 0 Å². The summed E-state index contributed by atoms with van der Waals surface area (Å²) in [5.41, 5.74) is -0.0498. The molecule has 1 aliphatic heterocycles. The van der Waals surface area contributed by atoms with Crippen molar-refractivity contribution in [2.45, 2.75) is 37.0 Å². The number of aliphatic hydroxyl groups excluding tert-OH is 4. The van der Waals surface area contributed by atoms with Crippen molar-refractivity contribution in [3.8, 4) is 0 Å². The highest BCUT2D eigenvalue weighted by molar-refractivity contribution is 5.24. The van der Waals surface area contributed by atoms with Crippen LogP contribution in [0.1, 0.15) is 11.1 Å². The van der Waals surface area contributed by atoms with Crippen LogP contribution in [0.4, 0.5) is 13.2 Å². The number of hydrogen-bond donors (Lipinski definition) is 4. The molecule has 4 atom stereocenters. The second-order valence-electron chi connectivity index (χ2n) is 5.74. The number of aliphatic hydroxyl groups is 4. The van der Waals surface area contributed by atoms with Crippen LogP contribution < -0.4 is 0 Å². The Morgan fingerprint density at radius 1 is 1.04 bits per heavy atom. The number of rotatable bonds is 4. The van der Waals surface area contributed by atoms with Crippen molar-refractivity contribution >= 4 is 0 Å². The number of piperidine rings is 1. The first-order valence-electron chi connectivity index (χ1n) is 7.29. The lowest BCUT2D eigenvalue weighted by molar-refractivity contribution is -0.144. The highest BCUT2D eigenvalue weighted by Gasteiger charge is 2.40. The monoisotopic (exact) mass is 335 g/mol. The van der Waals surface area contributed by atoms with Crippen molar-refractivity contribution in [3.63, 3.8) is 0 Å². The molecule has 0 spiro atoms. The van der Waals surface area contributed by atoms with Gasteiger partial charge in [0.15, 0.2) is 0 Å². The molecule has 2 rings (SSSR count). The van der Waals surface area contributed by atoms with Gasteiger partial charge in [-0.1, -0.05) is 12.1 Å². The molecular weight excluding hydrogens is 315 g/mol. The maximum Gasteiger partial charge on any atom is 0.416 e. The lowest BCUT2D eigenvalue weighted by Gasteiger charge is -2.43. The van der Waals surface area contributed by atoms with Crippen molar-refractivity contribution in [2.24, 2.45) is 0 Å². The quantitative estimate of drug-likeness (QED) is 0.623. The van der Waals surface area contributed by atoms with E-state index in [-0.39, 0.29) is 6.54 Å². The first-order valence-corrected chi connectivity index (χ1v) is 7.29. The zero-order chi connectivity index (χ0) is 17.2. The Labute approximate surface area is 131 Å². The average molecular weight is 335 g/mol. The van der Waals surface area contributed by atoms with Gasteiger partial charge in [-0.15, -0.1) is 0 Å². The first kappa shape index (κ1) is 18.2. The van der Waals surface area contributed by atoms with Gasteiger partial charge in [0.2, 0.25) is 0 Å². The molecule has 1 aromatic carbocycles. The van der Waals surface area contributed by atoms with Gasteiger partial charge in [-0.2, -0.15) is 13.2 Å². The molecule has 0 bridgehead atoms. The van der Waals surface area contributed by atoms with Crippen LogP contribution in [0.15, 0.2) is 24.3 Å². The molecule has 4 N–H and O–H groups in total. The summed E-state index contributed by atoms with van der Waals surface area (Å²) in [4.78, 5) is 1.62. The number of β-amino-alcohol motifs (C(OH)–C–C–N with tert-alkyl or cyclic N) is 1. The molecule has 23 heavy (non-hydrogen) atoms. The fourth-order valence-electron chi connectivity index (χ4n) is 2.77. The molecule has 0 amide bonds. The van der Waals surface area contributed by atoms with E-state index in [2.05, 4.69) is 0 Å². The number of halogens is 3. The summed E-state index contributed by atoms with van der Waals surface area (Å²) < 4.78 is 37.5. The molecule has 0 aromatic heterocycles. The molecule has 0 saturated carbocycles. The SMILES string of the molecule is OCC1C(O)C(O)C(O)CN1CCc1ccc(C(F)(F)F)cc1. The largest absolute Gasteiger partial charge is 0.416 e. The molecule has 1 heterocycles. The van der Waals surface area contributed by atoms with Crippen molar-refractivity contribution in [1.82, 2.24) is 4.90 Å². The van der Waals surface area contributed by atoms with E-state index in [0.29, 0.717) is 18.5 Å². The normalized spacial score (nSPS) is 29.7. The van der Waals surface area contributed by atoms with Crippen LogP contribution in [-0.2, 0) is 12.6 Å². The summed E-state index contributed by atoms with van der Waals surface area (Å²) in [5.74, 6) is 0. The van der Waals surface area contributed by atoms with Gasteiger partial charge in [-0.05, 0) is 24.1 Å². The van der Waals surface area contributed by atoms with E-state index < -0.39 is 42.7 Å². The standard InChI is InChI=1S/C15H20F3NO4/c16-15(17,18)10-3-1-9(2-4-10)5-6-19-7-12(21)14(23)13(22)11(19)8-20/h1-4,11-14,20-23H,5-8H2. The summed E-state index contributed by atoms with van der Waals surface area (Å²) in [7, 11) is 0. The van der Waals surface area contributed by atoms with Gasteiger partial charge in [-0.25, -0.2) is 0 Å². The van der Waals surface area contributed by atoms with Crippen LogP contribution in [0.2, 0.25) is 0 Å². The Kier molecular flexibility index (Phi) is 5.64. The van der Waals surface area contributed by atoms with E-state index in [0.717, 1.165) is 12.1 Å². The highest BCUT2D eigenvalue weighted by atomic mass is 19.4. The molecular formula is C15H20F3NO4. The fourth-order valence-corrected chi connectivity index (χ4v) is 2.77. The van der Waals surface area contributed by atoms with E-state index >= 15 is 0 Å². The van der Waals surface area contributed by atoms with E-state index in [1.165, 1.54) is 12.1 Å². The molecule has 1 aromatic rings. The lowest BCUT2D eigenvalue weighted by atomic mass is 9.94. The fraction of sp³-hybridized carbons (Fsp3) is 0.600. The van der Waals surface area contributed by atoms with Crippen LogP contribution in [0.3, 0.4) is 0 Å². The molecule has 1 saturated heterocycles. The summed E-state index contributed by atoms with van der Waals surface area (Å²) in [6, 6.07) is 4.04. The zero-order valence-electron chi connectivity index (χ0n) is 12.3. The third-order valence-electron chi connectivity index (χ3n) is 4.18. The van der Waals surface area contributed by atoms with Crippen LogP contribution >= 0.6 is 0 Å². The first-order chi connectivity index (χ1) is 10.7. The van der Waals surface area contributed by atoms with Crippen molar-refractivity contribution in [3.05, 3.63) is 35.4 Å². The van der Waals surface area contributed by atoms with Gasteiger partial charge in [0.1, 0.15) is 12.2 Å². The maximum atomic E-state index is 12.5. The molecule has 0 aliphatic carbocycles. The van der Waals surface area contributed by atoms with Gasteiger partial charge in [0.25, 0.3) is 0 Å². The van der Waals surface area contributed by atoms with E-state index in [1.54, 1.807) is 4.90 Å². The summed E-state index contributed by atoms with van der Waals surface area (Å²) in [5, 5.41) is 38.5. The molecule has 8 heteroatoms. The molecule has 0 radical (unpaired) electrons. The summed E-state index contributed by atoms with van der Waals surface area (Å²) >= 11 is 0. The second-order valence-corrected chi connectivity index (χ2v) is 5.74. The predicted octanol–water partition coefficient (Wildman–Crippen LogP) is 0.00710. The number of benzene rings is 1. The van der Waals surface area contributed by atoms with E-state index in [1.807, 2.05) is 0 Å². The van der Waals surface area contributed by atoms with Crippen LogP contribution in [-0.4, -0.2) is 69.4 Å². The molecule has 130 valence electrons. The lowest BCUT2D eigenvalue weighted by Crippen LogP contribution is -2.62. The van der Waals surface area contributed by atoms with Gasteiger partial charge >= 0.3 is 6.18 Å². The minimum absolute atomic E-state index is 0.0735. The predicted molar refractivity (Wildman–Crippen MR) is 75.6 cm³/mol. The Morgan fingerprint density at radius 2 is 1.65 bits per heavy atom. The van der Waals surface area contributed by atoms with Gasteiger partial charge in [-0.3, -0.25) is 4.90 Å². The average Bonchev–Trinajstić information content (AvgIpc) is 2.50. The van der Waals surface area contributed by atoms with E-state index in [9.17, 15) is 33.6 Å². The molecule has 5 nitrogen and oxygen atoms in total. The highest BCUT2D eigenvalue weighted by Crippen LogP contribution is 2.29. The zero-order valence-corrected chi connectivity index (χ0v) is 12.3. The van der Waals surface area contributed by atoms with Crippen molar-refractivity contribution in [1.29, 1.82) is 0 Å². The van der Waals surface area contributed by atoms with Gasteiger partial charge in [0, 0.05) is 13.1 Å². The van der Waals surface area contributed by atoms with Crippen molar-refractivity contribution < 1.29 is 33.6 Å². The number of alkyl halides is 3. The Morgan fingerprint density at radius 3 is 2.17 bits per heavy atom. The van der Waals surface area contributed by atoms with E-state index in [4.69, 9.17) is 0 Å². The van der Waals surface area contributed by atoms with Gasteiger partial charge < -0.3 is 20.4 Å². The Bertz CT molecular complexity index is 508. The molecule has 4 unspecified atom stereocenters. The Balaban J connectivity index is 1.99. The number of likely N-dealkylation sites (tertiary alicyclic amines) is 1. The van der Waals surface area contributed by atoms with Gasteiger partial charge in [0.05, 0.1) is 24.3 Å². The minimum atomic E-state index is -4.38. The van der Waals surface area contributed by atoms with Crippen molar-refractivity contribution in [2.75, 3.05) is 19.7 Å². The Hall–Kier alpha value is -1.19.